The number of carbonyl (C=O) groups is 6. The molecule has 5 amide bonds. The summed E-state index contributed by atoms with van der Waals surface area (Å²) >= 11 is 0.938. The molecule has 22 nitrogen and oxygen atoms in total. The summed E-state index contributed by atoms with van der Waals surface area (Å²) < 4.78 is 28.6. The quantitative estimate of drug-likeness (QED) is 0.0214. The van der Waals surface area contributed by atoms with Gasteiger partial charge >= 0.3 is 23.7 Å². The molecule has 2 aliphatic rings. The second-order valence-corrected chi connectivity index (χ2v) is 19.0. The van der Waals surface area contributed by atoms with Crippen LogP contribution in [0.5, 0.6) is 11.5 Å². The van der Waals surface area contributed by atoms with Gasteiger partial charge in [-0.3, -0.25) is 29.7 Å². The fourth-order valence-corrected chi connectivity index (χ4v) is 6.86. The van der Waals surface area contributed by atoms with E-state index in [1.165, 1.54) is 37.6 Å². The van der Waals surface area contributed by atoms with Gasteiger partial charge < -0.3 is 49.2 Å². The lowest BCUT2D eigenvalue weighted by atomic mass is 10.0. The number of anilines is 1. The Bertz CT molecular complexity index is 2300. The molecule has 0 saturated carbocycles. The van der Waals surface area contributed by atoms with Gasteiger partial charge in [-0.25, -0.2) is 14.6 Å². The van der Waals surface area contributed by atoms with Gasteiger partial charge in [0.05, 0.1) is 25.0 Å². The van der Waals surface area contributed by atoms with E-state index in [4.69, 9.17) is 28.3 Å². The molecule has 360 valence electrons. The van der Waals surface area contributed by atoms with Crippen molar-refractivity contribution in [3.8, 4) is 11.5 Å². The maximum Gasteiger partial charge on any atom is 0.413 e. The molecule has 3 aromatic heterocycles. The topological polar surface area (TPSA) is 275 Å². The molecule has 0 spiro atoms. The van der Waals surface area contributed by atoms with Crippen molar-refractivity contribution in [1.82, 2.24) is 31.0 Å². The molecular weight excluding hydrogens is 883 g/mol. The van der Waals surface area contributed by atoms with Crippen molar-refractivity contribution in [3.63, 3.8) is 0 Å². The molecule has 2 aliphatic heterocycles. The number of β-lactam (4-membered cyclic amide) rings is 1. The van der Waals surface area contributed by atoms with E-state index in [1.54, 1.807) is 46.4 Å². The molecule has 0 radical (unpaired) electrons. The van der Waals surface area contributed by atoms with Crippen molar-refractivity contribution in [2.45, 2.75) is 136 Å². The van der Waals surface area contributed by atoms with Crippen LogP contribution in [0.4, 0.5) is 9.93 Å². The maximum atomic E-state index is 13.8. The van der Waals surface area contributed by atoms with Crippen LogP contribution in [0.3, 0.4) is 0 Å². The summed E-state index contributed by atoms with van der Waals surface area (Å²) in [4.78, 5) is 90.4. The number of amides is 5. The number of nitrogens with one attached hydrogen (secondary N) is 4. The van der Waals surface area contributed by atoms with E-state index in [-0.39, 0.29) is 34.7 Å². The third kappa shape index (κ3) is 13.5. The normalized spacial score (nSPS) is 17.5. The van der Waals surface area contributed by atoms with Crippen molar-refractivity contribution in [1.29, 1.82) is 0 Å². The fraction of sp³-hybridized carbons (Fsp3) is 0.581. The minimum Gasteiger partial charge on any atom is -0.489 e. The van der Waals surface area contributed by atoms with E-state index in [0.29, 0.717) is 43.4 Å². The van der Waals surface area contributed by atoms with Crippen LogP contribution < -0.4 is 35.5 Å². The van der Waals surface area contributed by atoms with E-state index in [1.807, 2.05) is 13.8 Å². The number of carbonyl (C=O) groups excluding carboxylic acids is 6. The number of aromatic nitrogens is 3. The highest BCUT2D eigenvalue weighted by Crippen LogP contribution is 2.31. The molecule has 3 aromatic rings. The molecule has 2 fully saturated rings. The minimum atomic E-state index is -1.69. The first kappa shape index (κ1) is 50.5. The number of rotatable bonds is 19. The van der Waals surface area contributed by atoms with Gasteiger partial charge in [-0.1, -0.05) is 37.0 Å². The van der Waals surface area contributed by atoms with E-state index in [0.717, 1.165) is 41.8 Å². The van der Waals surface area contributed by atoms with Crippen LogP contribution in [-0.4, -0.2) is 117 Å². The number of ether oxygens (including phenoxy) is 4. The molecule has 0 aromatic carbocycles. The second kappa shape index (κ2) is 21.2. The Balaban J connectivity index is 1.25. The summed E-state index contributed by atoms with van der Waals surface area (Å²) in [6.45, 7) is 18.3. The molecule has 23 heteroatoms. The molecule has 0 unspecified atom stereocenters. The summed E-state index contributed by atoms with van der Waals surface area (Å²) in [5.41, 5.74) is -3.54. The van der Waals surface area contributed by atoms with Gasteiger partial charge in [-0.15, -0.1) is 11.3 Å². The number of nitrogens with zero attached hydrogens (tertiary/aromatic N) is 5. The van der Waals surface area contributed by atoms with Crippen molar-refractivity contribution in [2.75, 3.05) is 31.6 Å². The maximum absolute atomic E-state index is 13.8. The molecule has 0 bridgehead atoms. The Hall–Kier alpha value is -6.52. The van der Waals surface area contributed by atoms with Crippen LogP contribution in [0.25, 0.3) is 0 Å². The average Bonchev–Trinajstić information content (AvgIpc) is 4.01. The Morgan fingerprint density at radius 3 is 2.27 bits per heavy atom. The molecule has 5 heterocycles. The first-order valence-corrected chi connectivity index (χ1v) is 22.5. The van der Waals surface area contributed by atoms with Crippen molar-refractivity contribution >= 4 is 57.9 Å². The summed E-state index contributed by atoms with van der Waals surface area (Å²) in [7, 11) is 0. The number of pyridine rings is 1. The van der Waals surface area contributed by atoms with E-state index < -0.39 is 70.4 Å². The van der Waals surface area contributed by atoms with Crippen LogP contribution >= 0.6 is 11.3 Å². The molecule has 5 rings (SSSR count). The number of esters is 1. The Labute approximate surface area is 386 Å². The number of thiazole rings is 1. The highest BCUT2D eigenvalue weighted by atomic mass is 32.1. The molecule has 2 saturated heterocycles. The van der Waals surface area contributed by atoms with E-state index >= 15 is 0 Å². The number of likely N-dealkylation sites (tertiary alicyclic amines) is 1. The lowest BCUT2D eigenvalue weighted by Crippen LogP contribution is -2.75. The van der Waals surface area contributed by atoms with Gasteiger partial charge in [0.15, 0.2) is 16.6 Å². The van der Waals surface area contributed by atoms with E-state index in [9.17, 15) is 34.0 Å². The smallest absolute Gasteiger partial charge is 0.413 e. The number of oxime groups is 1. The van der Waals surface area contributed by atoms with Crippen molar-refractivity contribution < 1.29 is 67.0 Å². The van der Waals surface area contributed by atoms with Crippen LogP contribution in [-0.2, 0) is 28.7 Å². The van der Waals surface area contributed by atoms with Gasteiger partial charge in [0.2, 0.25) is 23.0 Å². The standard InChI is InChI=1S/C43H59N9O13S/c1-11-13-17-60-28-20-27(52(59)22-30(28)61-18-14-12-2)37(56)51-16-15-24(21-51)25-19-29(64-49-25)34(53)46-33-32(36(55)47-33)45-35(54)31(50-65-43(9,10)38(57)62-41(3,4)5)26-23-66-39(44-26)48-40(58)63-42(6,7)8/h19-20,22-24,32-33H,11-18,21H2,1-10H3,(H4-,44,45,46,47,48,53,54,55,56,58,59)/p+1/b50-31-/t24-,32+,33+/m1/s1. The molecule has 66 heavy (non-hydrogen) atoms. The van der Waals surface area contributed by atoms with Crippen molar-refractivity contribution in [2.24, 2.45) is 5.16 Å². The summed E-state index contributed by atoms with van der Waals surface area (Å²) in [6.07, 6.45) is 3.30. The fourth-order valence-electron chi connectivity index (χ4n) is 6.18. The Morgan fingerprint density at radius 2 is 1.64 bits per heavy atom. The minimum absolute atomic E-state index is 0.0171. The molecular formula is C43H60N9O13S+. The van der Waals surface area contributed by atoms with Crippen LogP contribution in [0, 0.1) is 0 Å². The Kier molecular flexibility index (Phi) is 16.2. The van der Waals surface area contributed by atoms with Gasteiger partial charge in [0.1, 0.15) is 29.1 Å². The van der Waals surface area contributed by atoms with Crippen molar-refractivity contribution in [3.05, 3.63) is 46.6 Å². The molecule has 0 aliphatic carbocycles. The first-order valence-electron chi connectivity index (χ1n) is 21.7. The zero-order chi connectivity index (χ0) is 48.6. The third-order valence-corrected chi connectivity index (χ3v) is 10.4. The summed E-state index contributed by atoms with van der Waals surface area (Å²) in [5, 5.41) is 30.4. The second-order valence-electron chi connectivity index (χ2n) is 18.1. The predicted molar refractivity (Wildman–Crippen MR) is 235 cm³/mol. The summed E-state index contributed by atoms with van der Waals surface area (Å²) in [6, 6.07) is 1.58. The largest absolute Gasteiger partial charge is 0.489 e. The Morgan fingerprint density at radius 1 is 0.970 bits per heavy atom. The predicted octanol–water partition coefficient (Wildman–Crippen LogP) is 4.20. The lowest BCUT2D eigenvalue weighted by molar-refractivity contribution is -0.906. The molecule has 5 N–H and O–H groups in total. The zero-order valence-electron chi connectivity index (χ0n) is 38.9. The van der Waals surface area contributed by atoms with Gasteiger partial charge in [-0.05, 0) is 74.7 Å². The van der Waals surface area contributed by atoms with E-state index in [2.05, 4.69) is 36.6 Å². The SMILES string of the molecule is CCCCOc1cc(C(=O)N2CC[C@@H](c3cc(C(=O)N[C@H]4NC(=O)[C@H]4NC(=O)/C(=N\OC(C)(C)C(=O)OC(C)(C)C)c4csc(NC(=O)OC(C)(C)C)n4)on3)C2)[n+](O)cc1OCCCC. The first-order chi connectivity index (χ1) is 31.0. The van der Waals surface area contributed by atoms with Crippen LogP contribution in [0.1, 0.15) is 140 Å². The highest BCUT2D eigenvalue weighted by Gasteiger charge is 2.44. The third-order valence-electron chi connectivity index (χ3n) is 9.69. The highest BCUT2D eigenvalue weighted by molar-refractivity contribution is 7.14. The molecule has 3 atom stereocenters. The van der Waals surface area contributed by atoms with Gasteiger partial charge in [-0.2, -0.15) is 0 Å². The van der Waals surface area contributed by atoms with Gasteiger partial charge in [0.25, 0.3) is 18.0 Å². The average molecular weight is 943 g/mol. The zero-order valence-corrected chi connectivity index (χ0v) is 39.7. The van der Waals surface area contributed by atoms with Crippen LogP contribution in [0.2, 0.25) is 0 Å². The van der Waals surface area contributed by atoms with Crippen LogP contribution in [0.15, 0.2) is 33.4 Å². The number of hydrogen-bond acceptors (Lipinski definition) is 17. The summed E-state index contributed by atoms with van der Waals surface area (Å²) in [5.74, 6) is -3.46. The number of unbranched alkanes of at least 4 members (excludes halogenated alkanes) is 2. The monoisotopic (exact) mass is 942 g/mol. The lowest BCUT2D eigenvalue weighted by Gasteiger charge is -2.37. The van der Waals surface area contributed by atoms with Gasteiger partial charge in [0, 0.05) is 35.2 Å². The number of hydrogen-bond donors (Lipinski definition) is 5.